The number of rotatable bonds is 9. The number of carbonyl (C=O) groups excluding carboxylic acids is 3. The fourth-order valence-corrected chi connectivity index (χ4v) is 6.57. The quantitative estimate of drug-likeness (QED) is 0.127. The van der Waals surface area contributed by atoms with Crippen LogP contribution in [0.1, 0.15) is 47.9 Å². The molecule has 5 aromatic rings. The molecule has 0 saturated heterocycles. The molecule has 222 valence electrons. The van der Waals surface area contributed by atoms with Crippen LogP contribution in [0, 0.1) is 5.92 Å². The summed E-state index contributed by atoms with van der Waals surface area (Å²) >= 11 is 1.24. The maximum atomic E-state index is 13.9. The predicted octanol–water partition coefficient (Wildman–Crippen LogP) is 7.56. The molecule has 3 heterocycles. The lowest BCUT2D eigenvalue weighted by Gasteiger charge is -2.23. The molecule has 3 aromatic carbocycles. The molecule has 10 heteroatoms. The fourth-order valence-electron chi connectivity index (χ4n) is 5.73. The van der Waals surface area contributed by atoms with Gasteiger partial charge in [0, 0.05) is 36.5 Å². The van der Waals surface area contributed by atoms with Crippen LogP contribution >= 0.6 is 11.3 Å². The van der Waals surface area contributed by atoms with Gasteiger partial charge >= 0.3 is 6.18 Å². The number of aromatic nitrogens is 2. The van der Waals surface area contributed by atoms with Crippen LogP contribution in [-0.4, -0.2) is 38.8 Å². The molecule has 1 aliphatic rings. The van der Waals surface area contributed by atoms with E-state index in [0.29, 0.717) is 4.88 Å². The number of hydrogen-bond donors (Lipinski definition) is 0. The second kappa shape index (κ2) is 11.7. The van der Waals surface area contributed by atoms with Gasteiger partial charge in [-0.3, -0.25) is 24.0 Å². The van der Waals surface area contributed by atoms with Crippen molar-refractivity contribution in [3.05, 3.63) is 124 Å². The number of imide groups is 1. The Balaban J connectivity index is 1.29. The third-order valence-electron chi connectivity index (χ3n) is 7.80. The predicted molar refractivity (Wildman–Crippen MR) is 161 cm³/mol. The van der Waals surface area contributed by atoms with Crippen molar-refractivity contribution in [2.24, 2.45) is 13.0 Å². The Kier molecular flexibility index (Phi) is 7.77. The van der Waals surface area contributed by atoms with E-state index in [2.05, 4.69) is 5.10 Å². The molecular weight excluding hydrogens is 587 g/mol. The summed E-state index contributed by atoms with van der Waals surface area (Å²) in [5, 5.41) is 6.27. The molecule has 0 fully saturated rings. The van der Waals surface area contributed by atoms with Gasteiger partial charge in [-0.1, -0.05) is 60.7 Å². The molecule has 0 spiro atoms. The monoisotopic (exact) mass is 613 g/mol. The third kappa shape index (κ3) is 5.60. The van der Waals surface area contributed by atoms with Crippen molar-refractivity contribution in [3.8, 4) is 22.4 Å². The van der Waals surface area contributed by atoms with Gasteiger partial charge in [0.25, 0.3) is 11.8 Å². The number of halogens is 3. The van der Waals surface area contributed by atoms with Gasteiger partial charge in [-0.15, -0.1) is 11.3 Å². The number of benzene rings is 3. The van der Waals surface area contributed by atoms with Gasteiger partial charge < -0.3 is 0 Å². The van der Waals surface area contributed by atoms with E-state index in [1.165, 1.54) is 29.5 Å². The van der Waals surface area contributed by atoms with Crippen LogP contribution in [0.15, 0.2) is 96.5 Å². The first-order valence-corrected chi connectivity index (χ1v) is 14.8. The van der Waals surface area contributed by atoms with E-state index in [9.17, 15) is 27.6 Å². The molecule has 0 aliphatic carbocycles. The first kappa shape index (κ1) is 29.3. The lowest BCUT2D eigenvalue weighted by atomic mass is 9.90. The highest BCUT2D eigenvalue weighted by atomic mass is 32.1. The summed E-state index contributed by atoms with van der Waals surface area (Å²) in [4.78, 5) is 41.4. The van der Waals surface area contributed by atoms with Gasteiger partial charge in [-0.05, 0) is 47.7 Å². The summed E-state index contributed by atoms with van der Waals surface area (Å²) in [6, 6.07) is 23.1. The molecule has 0 N–H and O–H groups in total. The zero-order valence-electron chi connectivity index (χ0n) is 23.5. The number of Topliss-reactive ketones (excluding diaryl/α,β-unsaturated/α-hetero) is 1. The summed E-state index contributed by atoms with van der Waals surface area (Å²) in [5.74, 6) is -2.07. The van der Waals surface area contributed by atoms with Crippen LogP contribution in [0.4, 0.5) is 13.2 Å². The Hall–Kier alpha value is -4.83. The van der Waals surface area contributed by atoms with Crippen LogP contribution in [0.5, 0.6) is 0 Å². The van der Waals surface area contributed by atoms with Crippen molar-refractivity contribution in [3.63, 3.8) is 0 Å². The smallest absolute Gasteiger partial charge is 0.293 e. The minimum Gasteiger partial charge on any atom is -0.293 e. The normalized spacial score (nSPS) is 13.8. The third-order valence-corrected chi connectivity index (χ3v) is 8.77. The highest BCUT2D eigenvalue weighted by molar-refractivity contribution is 7.12. The number of carbonyl (C=O) groups is 3. The zero-order chi connectivity index (χ0) is 31.0. The molecular formula is C34H26F3N3O3S. The number of nitrogens with zero attached hydrogens (tertiary/aromatic N) is 3. The Bertz CT molecular complexity index is 1840. The summed E-state index contributed by atoms with van der Waals surface area (Å²) in [6.45, 7) is -0.192. The molecule has 6 rings (SSSR count). The number of amides is 2. The molecule has 0 saturated carbocycles. The molecule has 0 bridgehead atoms. The summed E-state index contributed by atoms with van der Waals surface area (Å²) in [7, 11) is 1.82. The molecule has 0 unspecified atom stereocenters. The van der Waals surface area contributed by atoms with Crippen molar-refractivity contribution >= 4 is 28.9 Å². The lowest BCUT2D eigenvalue weighted by molar-refractivity contribution is -0.138. The topological polar surface area (TPSA) is 72.3 Å². The Morgan fingerprint density at radius 3 is 2.18 bits per heavy atom. The van der Waals surface area contributed by atoms with Gasteiger partial charge in [0.15, 0.2) is 5.78 Å². The summed E-state index contributed by atoms with van der Waals surface area (Å²) < 4.78 is 43.3. The average Bonchev–Trinajstić information content (AvgIpc) is 3.71. The van der Waals surface area contributed by atoms with Crippen molar-refractivity contribution < 1.29 is 27.6 Å². The van der Waals surface area contributed by atoms with Crippen molar-refractivity contribution in [2.75, 3.05) is 6.54 Å². The van der Waals surface area contributed by atoms with E-state index < -0.39 is 29.5 Å². The number of aryl methyl sites for hydroxylation is 1. The molecule has 2 amide bonds. The van der Waals surface area contributed by atoms with Gasteiger partial charge in [0.1, 0.15) is 0 Å². The molecule has 1 atom stereocenters. The number of thiophene rings is 1. The van der Waals surface area contributed by atoms with Crippen LogP contribution in [0.3, 0.4) is 0 Å². The van der Waals surface area contributed by atoms with E-state index in [-0.39, 0.29) is 41.9 Å². The van der Waals surface area contributed by atoms with Gasteiger partial charge in [-0.2, -0.15) is 18.3 Å². The number of alkyl halides is 3. The fraction of sp³-hybridized carbons (Fsp3) is 0.176. The highest BCUT2D eigenvalue weighted by Gasteiger charge is 2.38. The van der Waals surface area contributed by atoms with Crippen molar-refractivity contribution in [2.45, 2.75) is 19.0 Å². The maximum absolute atomic E-state index is 13.9. The first-order chi connectivity index (χ1) is 21.1. The van der Waals surface area contributed by atoms with E-state index in [0.717, 1.165) is 33.4 Å². The van der Waals surface area contributed by atoms with E-state index >= 15 is 0 Å². The van der Waals surface area contributed by atoms with Crippen LogP contribution in [0.25, 0.3) is 22.4 Å². The minimum atomic E-state index is -4.59. The minimum absolute atomic E-state index is 0.00339. The van der Waals surface area contributed by atoms with Gasteiger partial charge in [0.05, 0.1) is 33.5 Å². The van der Waals surface area contributed by atoms with Gasteiger partial charge in [0.2, 0.25) is 0 Å². The first-order valence-electron chi connectivity index (χ1n) is 13.9. The number of fused-ring (bicyclic) bond motifs is 1. The molecule has 1 aliphatic heterocycles. The largest absolute Gasteiger partial charge is 0.416 e. The van der Waals surface area contributed by atoms with Crippen molar-refractivity contribution in [1.29, 1.82) is 0 Å². The highest BCUT2D eigenvalue weighted by Crippen LogP contribution is 2.36. The molecule has 0 radical (unpaired) electrons. The molecule has 2 aromatic heterocycles. The Morgan fingerprint density at radius 1 is 0.864 bits per heavy atom. The number of ketones is 1. The maximum Gasteiger partial charge on any atom is 0.416 e. The second-order valence-corrected chi connectivity index (χ2v) is 11.6. The van der Waals surface area contributed by atoms with E-state index in [1.54, 1.807) is 41.2 Å². The second-order valence-electron chi connectivity index (χ2n) is 10.7. The van der Waals surface area contributed by atoms with Gasteiger partial charge in [-0.25, -0.2) is 0 Å². The van der Waals surface area contributed by atoms with E-state index in [4.69, 9.17) is 0 Å². The average molecular weight is 614 g/mol. The standard InChI is InChI=1S/C34H26F3N3O3S/c1-39-31(27(18-38-39)22-9-3-2-4-10-22)24-17-30(44-20-24)29(41)16-21(15-23-11-5-8-14-28(23)34(35,36)37)19-40-32(42)25-12-6-7-13-26(25)33(40)43/h2-14,17-18,20-21H,15-16,19H2,1H3/t21-/m1/s1. The number of hydrogen-bond acceptors (Lipinski definition) is 5. The molecule has 44 heavy (non-hydrogen) atoms. The van der Waals surface area contributed by atoms with Crippen LogP contribution in [0.2, 0.25) is 0 Å². The molecule has 6 nitrogen and oxygen atoms in total. The summed E-state index contributed by atoms with van der Waals surface area (Å²) in [5.41, 5.74) is 3.17. The Labute approximate surface area is 255 Å². The van der Waals surface area contributed by atoms with Crippen molar-refractivity contribution in [1.82, 2.24) is 14.7 Å². The van der Waals surface area contributed by atoms with Crippen LogP contribution < -0.4 is 0 Å². The zero-order valence-corrected chi connectivity index (χ0v) is 24.4. The van der Waals surface area contributed by atoms with Crippen LogP contribution in [-0.2, 0) is 19.6 Å². The summed E-state index contributed by atoms with van der Waals surface area (Å²) in [6.07, 6.45) is -3.13. The van der Waals surface area contributed by atoms with E-state index in [1.807, 2.05) is 42.8 Å². The SMILES string of the molecule is Cn1ncc(-c2ccccc2)c1-c1csc(C(=O)C[C@@H](Cc2ccccc2C(F)(F)F)CN2C(=O)c3ccccc3C2=O)c1. The lowest BCUT2D eigenvalue weighted by Crippen LogP contribution is -2.36. The Morgan fingerprint density at radius 2 is 1.50 bits per heavy atom.